The number of rotatable bonds is 12. The van der Waals surface area contributed by atoms with E-state index in [1.165, 1.54) is 0 Å². The Morgan fingerprint density at radius 3 is 0.880 bits per heavy atom. The first-order chi connectivity index (χ1) is 11.8. The molecule has 8 nitrogen and oxygen atoms in total. The second-order valence-electron chi connectivity index (χ2n) is 5.59. The van der Waals surface area contributed by atoms with Crippen LogP contribution in [0.4, 0.5) is 0 Å². The Balaban J connectivity index is 5.71. The summed E-state index contributed by atoms with van der Waals surface area (Å²) in [5.74, 6) is 0. The van der Waals surface area contributed by atoms with Crippen LogP contribution in [-0.2, 0) is 18.1 Å². The van der Waals surface area contributed by atoms with E-state index < -0.39 is 9.05 Å². The molecule has 0 aliphatic heterocycles. The summed E-state index contributed by atoms with van der Waals surface area (Å²) in [6, 6.07) is 0. The Bertz CT molecular complexity index is 425. The summed E-state index contributed by atoms with van der Waals surface area (Å²) in [4.78, 5) is 0. The van der Waals surface area contributed by atoms with Gasteiger partial charge in [0.05, 0.1) is 22.8 Å². The third kappa shape index (κ3) is 9.85. The van der Waals surface area contributed by atoms with Crippen LogP contribution in [0.3, 0.4) is 0 Å². The molecular weight excluding hydrogens is 340 g/mol. The van der Waals surface area contributed by atoms with Crippen molar-refractivity contribution in [2.45, 2.75) is 81.1 Å². The van der Waals surface area contributed by atoms with Gasteiger partial charge in [-0.1, -0.05) is 27.7 Å². The van der Waals surface area contributed by atoms with Gasteiger partial charge in [-0.3, -0.25) is 0 Å². The van der Waals surface area contributed by atoms with Crippen molar-refractivity contribution >= 4 is 31.9 Å². The van der Waals surface area contributed by atoms with Crippen molar-refractivity contribution < 1.29 is 18.1 Å². The second kappa shape index (κ2) is 12.5. The summed E-state index contributed by atoms with van der Waals surface area (Å²) in [6.45, 7) is 15.2. The quantitative estimate of drug-likeness (QED) is 0.284. The molecule has 0 unspecified atom stereocenters. The molecule has 0 rings (SSSR count). The van der Waals surface area contributed by atoms with E-state index in [9.17, 15) is 0 Å². The molecule has 0 aromatic carbocycles. The van der Waals surface area contributed by atoms with Gasteiger partial charge in [-0.05, 0) is 53.4 Å². The number of hydrogen-bond acceptors (Lipinski definition) is 8. The van der Waals surface area contributed by atoms with Crippen LogP contribution in [-0.4, -0.2) is 31.9 Å². The van der Waals surface area contributed by atoms with Crippen LogP contribution in [0.5, 0.6) is 0 Å². The number of nitrogens with zero attached hydrogens (tertiary/aromatic N) is 4. The normalized spacial score (nSPS) is 16.3. The first-order valence-electron chi connectivity index (χ1n) is 8.68. The molecule has 0 aromatic heterocycles. The van der Waals surface area contributed by atoms with Gasteiger partial charge in [0.2, 0.25) is 0 Å². The van der Waals surface area contributed by atoms with Crippen LogP contribution in [0.15, 0.2) is 20.6 Å². The molecule has 0 bridgehead atoms. The van der Waals surface area contributed by atoms with E-state index in [2.05, 4.69) is 20.6 Å². The van der Waals surface area contributed by atoms with Gasteiger partial charge in [-0.15, -0.1) is 20.6 Å². The maximum Gasteiger partial charge on any atom is 1.05 e. The van der Waals surface area contributed by atoms with Crippen LogP contribution >= 0.6 is 0 Å². The molecule has 0 spiro atoms. The molecule has 0 aliphatic rings. The van der Waals surface area contributed by atoms with Crippen molar-refractivity contribution in [2.24, 2.45) is 20.6 Å². The lowest BCUT2D eigenvalue weighted by Crippen LogP contribution is -2.45. The third-order valence-electron chi connectivity index (χ3n) is 3.30. The third-order valence-corrected chi connectivity index (χ3v) is 4.56. The Hall–Kier alpha value is -1.90. The molecule has 9 heteroatoms. The Morgan fingerprint density at radius 2 is 0.720 bits per heavy atom. The van der Waals surface area contributed by atoms with Gasteiger partial charge in [-0.25, -0.2) is 0 Å². The van der Waals surface area contributed by atoms with Gasteiger partial charge in [0.15, 0.2) is 0 Å². The topological polar surface area (TPSA) is 86.4 Å². The van der Waals surface area contributed by atoms with Gasteiger partial charge in [-0.2, -0.15) is 0 Å². The first-order valence-corrected chi connectivity index (χ1v) is 10.3. The van der Waals surface area contributed by atoms with Crippen molar-refractivity contribution in [3.63, 3.8) is 0 Å². The highest BCUT2D eigenvalue weighted by atomic mass is 28.4. The number of hydrogen-bond donors (Lipinski definition) is 0. The summed E-state index contributed by atoms with van der Waals surface area (Å²) in [7, 11) is -3.86. The molecule has 0 heterocycles. The minimum absolute atomic E-state index is 0.718. The fourth-order valence-electron chi connectivity index (χ4n) is 0.893. The summed E-state index contributed by atoms with van der Waals surface area (Å²) >= 11 is 0. The zero-order valence-corrected chi connectivity index (χ0v) is 17.8. The minimum atomic E-state index is -3.86. The SMILES string of the molecule is CCC(C)=NO[Si](ON=C(C)CC)(ON=C(C)CC)ON=C(C)CC. The fraction of sp³-hybridized carbons (Fsp3) is 0.750. The van der Waals surface area contributed by atoms with E-state index in [1.54, 1.807) is 0 Å². The molecule has 144 valence electrons. The molecule has 0 fully saturated rings. The molecule has 25 heavy (non-hydrogen) atoms. The lowest BCUT2D eigenvalue weighted by molar-refractivity contribution is -0.0319. The van der Waals surface area contributed by atoms with E-state index in [1.807, 2.05) is 55.4 Å². The van der Waals surface area contributed by atoms with E-state index in [0.29, 0.717) is 0 Å². The molecule has 0 atom stereocenters. The van der Waals surface area contributed by atoms with E-state index in [-0.39, 0.29) is 0 Å². The standard InChI is InChI=1S/C16H32N4O4Si/c1-9-13(5)17-21-25(22-18-14(6)10-2,23-19-15(7)11-3)24-20-16(8)12-4/h9-12H2,1-8H3. The zero-order chi connectivity index (χ0) is 19.3. The van der Waals surface area contributed by atoms with E-state index >= 15 is 0 Å². The molecule has 0 saturated carbocycles. The van der Waals surface area contributed by atoms with Gasteiger partial charge in [0, 0.05) is 0 Å². The Kier molecular flexibility index (Phi) is 11.5. The highest BCUT2D eigenvalue weighted by Crippen LogP contribution is 2.16. The van der Waals surface area contributed by atoms with Crippen molar-refractivity contribution in [3.8, 4) is 0 Å². The summed E-state index contributed by atoms with van der Waals surface area (Å²) in [6.07, 6.45) is 2.87. The molecule has 0 radical (unpaired) electrons. The lowest BCUT2D eigenvalue weighted by atomic mass is 10.3. The van der Waals surface area contributed by atoms with E-state index in [4.69, 9.17) is 18.1 Å². The van der Waals surface area contributed by atoms with Crippen LogP contribution in [0, 0.1) is 0 Å². The van der Waals surface area contributed by atoms with Crippen molar-refractivity contribution in [1.29, 1.82) is 0 Å². The largest absolute Gasteiger partial charge is 1.05 e. The predicted octanol–water partition coefficient (Wildman–Crippen LogP) is 4.63. The molecular formula is C16H32N4O4Si. The minimum Gasteiger partial charge on any atom is -0.340 e. The molecule has 0 N–H and O–H groups in total. The summed E-state index contributed by atoms with van der Waals surface area (Å²) in [5.41, 5.74) is 3.04. The Morgan fingerprint density at radius 1 is 0.520 bits per heavy atom. The molecule has 0 amide bonds. The fourth-order valence-corrected chi connectivity index (χ4v) is 2.16. The molecule has 0 aliphatic carbocycles. The summed E-state index contributed by atoms with van der Waals surface area (Å²) < 4.78 is 22.0. The molecule has 0 saturated heterocycles. The Labute approximate surface area is 152 Å². The average molecular weight is 373 g/mol. The van der Waals surface area contributed by atoms with Crippen molar-refractivity contribution in [3.05, 3.63) is 0 Å². The maximum absolute atomic E-state index is 5.51. The predicted molar refractivity (Wildman–Crippen MR) is 104 cm³/mol. The first kappa shape index (κ1) is 23.1. The van der Waals surface area contributed by atoms with Crippen molar-refractivity contribution in [2.75, 3.05) is 0 Å². The van der Waals surface area contributed by atoms with Crippen LogP contribution in [0.1, 0.15) is 81.1 Å². The number of oxime groups is 4. The summed E-state index contributed by atoms with van der Waals surface area (Å²) in [5, 5.41) is 16.1. The van der Waals surface area contributed by atoms with Gasteiger partial charge in [0.1, 0.15) is 0 Å². The second-order valence-corrected chi connectivity index (χ2v) is 7.32. The molecule has 0 aromatic rings. The van der Waals surface area contributed by atoms with Gasteiger partial charge >= 0.3 is 9.05 Å². The van der Waals surface area contributed by atoms with Crippen molar-refractivity contribution in [1.82, 2.24) is 0 Å². The maximum atomic E-state index is 5.51. The zero-order valence-electron chi connectivity index (χ0n) is 16.8. The van der Waals surface area contributed by atoms with Crippen LogP contribution in [0.25, 0.3) is 0 Å². The average Bonchev–Trinajstić information content (AvgIpc) is 2.65. The highest BCUT2D eigenvalue weighted by molar-refractivity contribution is 6.53. The highest BCUT2D eigenvalue weighted by Gasteiger charge is 2.63. The lowest BCUT2D eigenvalue weighted by Gasteiger charge is -2.18. The smallest absolute Gasteiger partial charge is 0.340 e. The van der Waals surface area contributed by atoms with Gasteiger partial charge in [0.25, 0.3) is 0 Å². The van der Waals surface area contributed by atoms with Crippen LogP contribution < -0.4 is 0 Å². The van der Waals surface area contributed by atoms with Gasteiger partial charge < -0.3 is 18.1 Å². The van der Waals surface area contributed by atoms with Crippen LogP contribution in [0.2, 0.25) is 0 Å². The monoisotopic (exact) mass is 372 g/mol. The van der Waals surface area contributed by atoms with E-state index in [0.717, 1.165) is 48.5 Å².